The van der Waals surface area contributed by atoms with E-state index in [-0.39, 0.29) is 10.6 Å². The van der Waals surface area contributed by atoms with Crippen molar-refractivity contribution in [2.24, 2.45) is 0 Å². The third-order valence-electron chi connectivity index (χ3n) is 1.81. The minimum absolute atomic E-state index is 0.0722. The summed E-state index contributed by atoms with van der Waals surface area (Å²) < 4.78 is 14.0. The predicted octanol–water partition coefficient (Wildman–Crippen LogP) is 3.22. The van der Waals surface area contributed by atoms with Crippen molar-refractivity contribution in [3.63, 3.8) is 0 Å². The van der Waals surface area contributed by atoms with Crippen LogP contribution in [0.5, 0.6) is 0 Å². The predicted molar refractivity (Wildman–Crippen MR) is 66.8 cm³/mol. The zero-order chi connectivity index (χ0) is 11.4. The average Bonchev–Trinajstić information content (AvgIpc) is 2.21. The second-order valence-corrected chi connectivity index (χ2v) is 4.51. The fourth-order valence-corrected chi connectivity index (χ4v) is 1.75. The summed E-state index contributed by atoms with van der Waals surface area (Å²) in [7, 11) is 0. The standard InChI is InChI=1S/C10H10ClFINO/c1-2-5-14-10(15)8-6(12)3-4-7(13)9(8)11/h3-4H,2,5H2,1H3,(H,14,15). The van der Waals surface area contributed by atoms with Crippen molar-refractivity contribution in [1.29, 1.82) is 0 Å². The Labute approximate surface area is 106 Å². The summed E-state index contributed by atoms with van der Waals surface area (Å²) in [5.41, 5.74) is -0.0722. The zero-order valence-corrected chi connectivity index (χ0v) is 11.0. The van der Waals surface area contributed by atoms with Gasteiger partial charge in [-0.2, -0.15) is 0 Å². The molecule has 0 atom stereocenters. The van der Waals surface area contributed by atoms with Crippen LogP contribution in [0, 0.1) is 9.39 Å². The Balaban J connectivity index is 3.02. The first kappa shape index (κ1) is 12.7. The Morgan fingerprint density at radius 3 is 2.87 bits per heavy atom. The maximum atomic E-state index is 13.4. The molecule has 0 aliphatic rings. The molecule has 0 unspecified atom stereocenters. The van der Waals surface area contributed by atoms with Crippen LogP contribution in [0.1, 0.15) is 23.7 Å². The number of halogens is 3. The molecule has 0 saturated carbocycles. The quantitative estimate of drug-likeness (QED) is 0.664. The number of benzene rings is 1. The summed E-state index contributed by atoms with van der Waals surface area (Å²) in [5.74, 6) is -1.05. The SMILES string of the molecule is CCCNC(=O)c1c(F)ccc(I)c1Cl. The molecule has 0 aliphatic heterocycles. The minimum Gasteiger partial charge on any atom is -0.352 e. The van der Waals surface area contributed by atoms with E-state index in [0.717, 1.165) is 6.42 Å². The molecule has 0 bridgehead atoms. The van der Waals surface area contributed by atoms with Crippen LogP contribution in [0.3, 0.4) is 0 Å². The van der Waals surface area contributed by atoms with Gasteiger partial charge in [-0.05, 0) is 41.1 Å². The highest BCUT2D eigenvalue weighted by molar-refractivity contribution is 14.1. The molecule has 0 fully saturated rings. The summed E-state index contributed by atoms with van der Waals surface area (Å²) in [6.45, 7) is 2.44. The molecule has 0 radical (unpaired) electrons. The second kappa shape index (κ2) is 5.65. The van der Waals surface area contributed by atoms with E-state index in [1.54, 1.807) is 0 Å². The molecule has 0 heterocycles. The lowest BCUT2D eigenvalue weighted by atomic mass is 10.2. The van der Waals surface area contributed by atoms with E-state index in [1.807, 2.05) is 29.5 Å². The van der Waals surface area contributed by atoms with Crippen LogP contribution in [0.25, 0.3) is 0 Å². The lowest BCUT2D eigenvalue weighted by molar-refractivity contribution is 0.0949. The van der Waals surface area contributed by atoms with Gasteiger partial charge in [-0.15, -0.1) is 0 Å². The van der Waals surface area contributed by atoms with Crippen LogP contribution in [0.2, 0.25) is 5.02 Å². The van der Waals surface area contributed by atoms with Crippen molar-refractivity contribution in [2.75, 3.05) is 6.54 Å². The Morgan fingerprint density at radius 1 is 1.60 bits per heavy atom. The van der Waals surface area contributed by atoms with Gasteiger partial charge in [0.1, 0.15) is 5.82 Å². The van der Waals surface area contributed by atoms with Gasteiger partial charge < -0.3 is 5.32 Å². The van der Waals surface area contributed by atoms with E-state index < -0.39 is 11.7 Å². The van der Waals surface area contributed by atoms with E-state index >= 15 is 0 Å². The summed E-state index contributed by atoms with van der Waals surface area (Å²) in [6, 6.07) is 2.78. The first-order valence-electron chi connectivity index (χ1n) is 4.49. The fourth-order valence-electron chi connectivity index (χ4n) is 1.06. The molecular weight excluding hydrogens is 331 g/mol. The molecule has 1 aromatic rings. The maximum absolute atomic E-state index is 13.4. The molecule has 1 amide bonds. The van der Waals surface area contributed by atoms with Crippen LogP contribution < -0.4 is 5.32 Å². The van der Waals surface area contributed by atoms with Gasteiger partial charge in [0, 0.05) is 10.1 Å². The number of nitrogens with one attached hydrogen (secondary N) is 1. The molecule has 1 rings (SSSR count). The first-order valence-corrected chi connectivity index (χ1v) is 5.95. The molecule has 5 heteroatoms. The first-order chi connectivity index (χ1) is 7.07. The highest BCUT2D eigenvalue weighted by Gasteiger charge is 2.17. The number of carbonyl (C=O) groups is 1. The summed E-state index contributed by atoms with van der Waals surface area (Å²) >= 11 is 7.82. The molecule has 82 valence electrons. The lowest BCUT2D eigenvalue weighted by Crippen LogP contribution is -2.25. The monoisotopic (exact) mass is 341 g/mol. The van der Waals surface area contributed by atoms with Gasteiger partial charge in [0.25, 0.3) is 5.91 Å². The molecule has 1 aromatic carbocycles. The Kier molecular flexibility index (Phi) is 4.79. The minimum atomic E-state index is -0.589. The summed E-state index contributed by atoms with van der Waals surface area (Å²) in [6.07, 6.45) is 0.800. The van der Waals surface area contributed by atoms with E-state index in [1.165, 1.54) is 12.1 Å². The Morgan fingerprint density at radius 2 is 2.27 bits per heavy atom. The molecule has 1 N–H and O–H groups in total. The number of carbonyl (C=O) groups excluding carboxylic acids is 1. The smallest absolute Gasteiger partial charge is 0.255 e. The van der Waals surface area contributed by atoms with Crippen molar-refractivity contribution in [2.45, 2.75) is 13.3 Å². The van der Waals surface area contributed by atoms with E-state index in [0.29, 0.717) is 10.1 Å². The third kappa shape index (κ3) is 3.04. The topological polar surface area (TPSA) is 29.1 Å². The molecule has 15 heavy (non-hydrogen) atoms. The van der Waals surface area contributed by atoms with Crippen molar-refractivity contribution < 1.29 is 9.18 Å². The molecule has 0 aliphatic carbocycles. The highest BCUT2D eigenvalue weighted by Crippen LogP contribution is 2.25. The van der Waals surface area contributed by atoms with E-state index in [9.17, 15) is 9.18 Å². The number of hydrogen-bond donors (Lipinski definition) is 1. The van der Waals surface area contributed by atoms with Crippen LogP contribution in [-0.2, 0) is 0 Å². The van der Waals surface area contributed by atoms with Crippen molar-refractivity contribution in [3.8, 4) is 0 Å². The van der Waals surface area contributed by atoms with Gasteiger partial charge in [-0.25, -0.2) is 4.39 Å². The van der Waals surface area contributed by atoms with Gasteiger partial charge in [0.05, 0.1) is 10.6 Å². The Hall–Kier alpha value is -0.360. The molecule has 0 saturated heterocycles. The molecule has 0 spiro atoms. The van der Waals surface area contributed by atoms with Gasteiger partial charge in [0.2, 0.25) is 0 Å². The normalized spacial score (nSPS) is 10.1. The van der Waals surface area contributed by atoms with Crippen LogP contribution in [0.4, 0.5) is 4.39 Å². The van der Waals surface area contributed by atoms with Crippen LogP contribution in [0.15, 0.2) is 12.1 Å². The van der Waals surface area contributed by atoms with Crippen molar-refractivity contribution >= 4 is 40.1 Å². The van der Waals surface area contributed by atoms with Gasteiger partial charge in [0.15, 0.2) is 0 Å². The highest BCUT2D eigenvalue weighted by atomic mass is 127. The second-order valence-electron chi connectivity index (χ2n) is 2.97. The summed E-state index contributed by atoms with van der Waals surface area (Å²) in [4.78, 5) is 11.6. The molecular formula is C10H10ClFINO. The van der Waals surface area contributed by atoms with E-state index in [2.05, 4.69) is 5.32 Å². The number of amides is 1. The van der Waals surface area contributed by atoms with Crippen LogP contribution in [-0.4, -0.2) is 12.5 Å². The number of hydrogen-bond acceptors (Lipinski definition) is 1. The summed E-state index contributed by atoms with van der Waals surface area (Å²) in [5, 5.41) is 2.76. The maximum Gasteiger partial charge on any atom is 0.255 e. The van der Waals surface area contributed by atoms with Gasteiger partial charge >= 0.3 is 0 Å². The number of rotatable bonds is 3. The van der Waals surface area contributed by atoms with E-state index in [4.69, 9.17) is 11.6 Å². The molecule has 0 aromatic heterocycles. The van der Waals surface area contributed by atoms with Gasteiger partial charge in [-0.1, -0.05) is 18.5 Å². The fraction of sp³-hybridized carbons (Fsp3) is 0.300. The zero-order valence-electron chi connectivity index (χ0n) is 8.11. The molecule has 2 nitrogen and oxygen atoms in total. The van der Waals surface area contributed by atoms with Crippen molar-refractivity contribution in [1.82, 2.24) is 5.32 Å². The third-order valence-corrected chi connectivity index (χ3v) is 3.42. The van der Waals surface area contributed by atoms with Crippen molar-refractivity contribution in [3.05, 3.63) is 32.1 Å². The van der Waals surface area contributed by atoms with Crippen LogP contribution >= 0.6 is 34.2 Å². The Bertz CT molecular complexity index is 384. The average molecular weight is 342 g/mol. The van der Waals surface area contributed by atoms with Gasteiger partial charge in [-0.3, -0.25) is 4.79 Å². The largest absolute Gasteiger partial charge is 0.352 e. The lowest BCUT2D eigenvalue weighted by Gasteiger charge is -2.07.